The van der Waals surface area contributed by atoms with Gasteiger partial charge in [0.2, 0.25) is 5.91 Å². The molecule has 1 aromatic heterocycles. The first kappa shape index (κ1) is 18.9. The summed E-state index contributed by atoms with van der Waals surface area (Å²) < 4.78 is 5.39. The van der Waals surface area contributed by atoms with Gasteiger partial charge in [0.1, 0.15) is 0 Å². The molecular weight excluding hydrogens is 346 g/mol. The summed E-state index contributed by atoms with van der Waals surface area (Å²) in [7, 11) is 0. The first-order chi connectivity index (χ1) is 12.7. The number of ether oxygens (including phenoxy) is 1. The van der Waals surface area contributed by atoms with Crippen molar-refractivity contribution in [1.82, 2.24) is 4.90 Å². The number of thiophene rings is 1. The molecule has 1 fully saturated rings. The zero-order valence-electron chi connectivity index (χ0n) is 15.5. The van der Waals surface area contributed by atoms with Crippen LogP contribution in [0.4, 0.5) is 11.4 Å². The highest BCUT2D eigenvalue weighted by Gasteiger charge is 2.20. The molecule has 140 valence electrons. The Balaban J connectivity index is 1.57. The van der Waals surface area contributed by atoms with Gasteiger partial charge in [-0.2, -0.15) is 0 Å². The lowest BCUT2D eigenvalue weighted by atomic mass is 10.2. The maximum Gasteiger partial charge on any atom is 0.241 e. The first-order valence-electron chi connectivity index (χ1n) is 9.17. The van der Waals surface area contributed by atoms with Crippen molar-refractivity contribution in [3.05, 3.63) is 46.7 Å². The molecule has 1 aliphatic heterocycles. The van der Waals surface area contributed by atoms with Crippen LogP contribution < -0.4 is 10.2 Å². The highest BCUT2D eigenvalue weighted by atomic mass is 32.1. The molecular formula is C20H27N3O2S. The van der Waals surface area contributed by atoms with Gasteiger partial charge in [0.15, 0.2) is 0 Å². The normalized spacial score (nSPS) is 15.9. The van der Waals surface area contributed by atoms with Gasteiger partial charge >= 0.3 is 0 Å². The van der Waals surface area contributed by atoms with Crippen LogP contribution in [-0.4, -0.2) is 49.7 Å². The molecule has 0 unspecified atom stereocenters. The SMILES string of the molecule is CCN(Cc1cccs1)[C@@H](C)C(=O)Nc1ccc(N2CCOCC2)cc1. The molecule has 3 rings (SSSR count). The average molecular weight is 374 g/mol. The lowest BCUT2D eigenvalue weighted by Crippen LogP contribution is -2.41. The van der Waals surface area contributed by atoms with Crippen molar-refractivity contribution in [3.63, 3.8) is 0 Å². The number of hydrogen-bond acceptors (Lipinski definition) is 5. The molecule has 0 spiro atoms. The van der Waals surface area contributed by atoms with Crippen molar-refractivity contribution in [1.29, 1.82) is 0 Å². The Kier molecular flexibility index (Phi) is 6.66. The van der Waals surface area contributed by atoms with E-state index in [1.807, 2.05) is 19.1 Å². The van der Waals surface area contributed by atoms with Crippen LogP contribution in [0.1, 0.15) is 18.7 Å². The number of likely N-dealkylation sites (N-methyl/N-ethyl adjacent to an activating group) is 1. The van der Waals surface area contributed by atoms with Crippen LogP contribution in [0.25, 0.3) is 0 Å². The van der Waals surface area contributed by atoms with Gasteiger partial charge in [-0.25, -0.2) is 0 Å². The van der Waals surface area contributed by atoms with E-state index >= 15 is 0 Å². The smallest absolute Gasteiger partial charge is 0.241 e. The van der Waals surface area contributed by atoms with E-state index in [9.17, 15) is 4.79 Å². The largest absolute Gasteiger partial charge is 0.378 e. The third-order valence-electron chi connectivity index (χ3n) is 4.78. The van der Waals surface area contributed by atoms with E-state index in [2.05, 4.69) is 51.7 Å². The van der Waals surface area contributed by atoms with Crippen LogP contribution in [-0.2, 0) is 16.1 Å². The van der Waals surface area contributed by atoms with Crippen LogP contribution >= 0.6 is 11.3 Å². The Hall–Kier alpha value is -1.89. The van der Waals surface area contributed by atoms with E-state index in [1.54, 1.807) is 11.3 Å². The zero-order valence-corrected chi connectivity index (χ0v) is 16.3. The third-order valence-corrected chi connectivity index (χ3v) is 5.64. The summed E-state index contributed by atoms with van der Waals surface area (Å²) >= 11 is 1.73. The van der Waals surface area contributed by atoms with Gasteiger partial charge in [-0.3, -0.25) is 9.69 Å². The number of anilines is 2. The molecule has 5 nitrogen and oxygen atoms in total. The zero-order chi connectivity index (χ0) is 18.4. The second kappa shape index (κ2) is 9.16. The van der Waals surface area contributed by atoms with E-state index in [-0.39, 0.29) is 11.9 Å². The van der Waals surface area contributed by atoms with Gasteiger partial charge in [-0.05, 0) is 49.2 Å². The Bertz CT molecular complexity index is 682. The molecule has 1 N–H and O–H groups in total. The minimum Gasteiger partial charge on any atom is -0.378 e. The van der Waals surface area contributed by atoms with Crippen molar-refractivity contribution < 1.29 is 9.53 Å². The van der Waals surface area contributed by atoms with Gasteiger partial charge < -0.3 is 15.0 Å². The van der Waals surface area contributed by atoms with E-state index in [0.29, 0.717) is 0 Å². The fourth-order valence-electron chi connectivity index (χ4n) is 3.11. The fraction of sp³-hybridized carbons (Fsp3) is 0.450. The van der Waals surface area contributed by atoms with Gasteiger partial charge in [0.25, 0.3) is 0 Å². The molecule has 0 saturated carbocycles. The van der Waals surface area contributed by atoms with E-state index in [4.69, 9.17) is 4.74 Å². The van der Waals surface area contributed by atoms with Crippen LogP contribution in [0, 0.1) is 0 Å². The summed E-state index contributed by atoms with van der Waals surface area (Å²) in [5, 5.41) is 5.12. The summed E-state index contributed by atoms with van der Waals surface area (Å²) in [6.07, 6.45) is 0. The maximum atomic E-state index is 12.7. The van der Waals surface area contributed by atoms with Gasteiger partial charge in [-0.1, -0.05) is 13.0 Å². The van der Waals surface area contributed by atoms with E-state index in [0.717, 1.165) is 45.1 Å². The molecule has 1 aliphatic rings. The van der Waals surface area contributed by atoms with Crippen molar-refractivity contribution in [3.8, 4) is 0 Å². The number of nitrogens with zero attached hydrogens (tertiary/aromatic N) is 2. The fourth-order valence-corrected chi connectivity index (χ4v) is 3.84. The van der Waals surface area contributed by atoms with Crippen molar-refractivity contribution in [2.75, 3.05) is 43.1 Å². The summed E-state index contributed by atoms with van der Waals surface area (Å²) in [5.74, 6) is 0.0301. The molecule has 0 bridgehead atoms. The van der Waals surface area contributed by atoms with E-state index in [1.165, 1.54) is 10.6 Å². The van der Waals surface area contributed by atoms with Crippen LogP contribution in [0.15, 0.2) is 41.8 Å². The second-order valence-electron chi connectivity index (χ2n) is 6.45. The highest BCUT2D eigenvalue weighted by Crippen LogP contribution is 2.20. The van der Waals surface area contributed by atoms with Crippen molar-refractivity contribution in [2.45, 2.75) is 26.4 Å². The van der Waals surface area contributed by atoms with Crippen LogP contribution in [0.2, 0.25) is 0 Å². The minimum absolute atomic E-state index is 0.0301. The minimum atomic E-state index is -0.180. The Morgan fingerprint density at radius 3 is 2.62 bits per heavy atom. The first-order valence-corrected chi connectivity index (χ1v) is 10.1. The van der Waals surface area contributed by atoms with Crippen molar-refractivity contribution >= 4 is 28.6 Å². The predicted molar refractivity (Wildman–Crippen MR) is 108 cm³/mol. The lowest BCUT2D eigenvalue weighted by molar-refractivity contribution is -0.120. The molecule has 2 heterocycles. The summed E-state index contributed by atoms with van der Waals surface area (Å²) in [5.41, 5.74) is 2.01. The van der Waals surface area contributed by atoms with Crippen LogP contribution in [0.5, 0.6) is 0 Å². The van der Waals surface area contributed by atoms with Crippen LogP contribution in [0.3, 0.4) is 0 Å². The maximum absolute atomic E-state index is 12.7. The quantitative estimate of drug-likeness (QED) is 0.808. The van der Waals surface area contributed by atoms with Gasteiger partial charge in [0, 0.05) is 35.9 Å². The second-order valence-corrected chi connectivity index (χ2v) is 7.49. The molecule has 0 radical (unpaired) electrons. The number of morpholine rings is 1. The van der Waals surface area contributed by atoms with Crippen molar-refractivity contribution in [2.24, 2.45) is 0 Å². The van der Waals surface area contributed by atoms with E-state index < -0.39 is 0 Å². The molecule has 0 aliphatic carbocycles. The number of carbonyl (C=O) groups is 1. The Morgan fingerprint density at radius 2 is 2.00 bits per heavy atom. The number of hydrogen-bond donors (Lipinski definition) is 1. The molecule has 1 aromatic carbocycles. The monoisotopic (exact) mass is 373 g/mol. The number of carbonyl (C=O) groups excluding carboxylic acids is 1. The molecule has 1 saturated heterocycles. The number of rotatable bonds is 7. The molecule has 6 heteroatoms. The number of amides is 1. The number of nitrogens with one attached hydrogen (secondary N) is 1. The van der Waals surface area contributed by atoms with Gasteiger partial charge in [-0.15, -0.1) is 11.3 Å². The molecule has 2 aromatic rings. The molecule has 26 heavy (non-hydrogen) atoms. The molecule has 1 atom stereocenters. The average Bonchev–Trinajstić information content (AvgIpc) is 3.20. The standard InChI is InChI=1S/C20H27N3O2S/c1-3-22(15-19-5-4-14-26-19)16(2)20(24)21-17-6-8-18(9-7-17)23-10-12-25-13-11-23/h4-9,14,16H,3,10-13,15H2,1-2H3,(H,21,24)/t16-/m0/s1. The Morgan fingerprint density at radius 1 is 1.27 bits per heavy atom. The Labute approximate surface area is 159 Å². The lowest BCUT2D eigenvalue weighted by Gasteiger charge is -2.29. The number of benzene rings is 1. The van der Waals surface area contributed by atoms with Gasteiger partial charge in [0.05, 0.1) is 19.3 Å². The summed E-state index contributed by atoms with van der Waals surface area (Å²) in [4.78, 5) is 18.4. The molecule has 1 amide bonds. The highest BCUT2D eigenvalue weighted by molar-refractivity contribution is 7.09. The summed E-state index contributed by atoms with van der Waals surface area (Å²) in [6.45, 7) is 9.07. The predicted octanol–water partition coefficient (Wildman–Crippen LogP) is 3.43. The topological polar surface area (TPSA) is 44.8 Å². The summed E-state index contributed by atoms with van der Waals surface area (Å²) in [6, 6.07) is 12.1. The third kappa shape index (κ3) is 4.84.